The normalized spacial score (nSPS) is 11.2. The van der Waals surface area contributed by atoms with Gasteiger partial charge in [0.25, 0.3) is 0 Å². The topological polar surface area (TPSA) is 9.23 Å². The fraction of sp³-hybridized carbons (Fsp3) is 1.00. The Morgan fingerprint density at radius 3 is 1.93 bits per heavy atom. The van der Waals surface area contributed by atoms with Crippen molar-refractivity contribution >= 4 is 0 Å². The lowest BCUT2D eigenvalue weighted by molar-refractivity contribution is -0.890. The van der Waals surface area contributed by atoms with E-state index < -0.39 is 0 Å². The van der Waals surface area contributed by atoms with Crippen molar-refractivity contribution in [1.29, 1.82) is 0 Å². The average Bonchev–Trinajstić information content (AvgIpc) is 2.08. The van der Waals surface area contributed by atoms with Crippen LogP contribution in [-0.2, 0) is 4.74 Å². The molecule has 0 heterocycles. The zero-order chi connectivity index (χ0) is 10.9. The first kappa shape index (κ1) is 17.6. The zero-order valence-corrected chi connectivity index (χ0v) is 11.6. The van der Waals surface area contributed by atoms with Crippen LogP contribution in [0.5, 0.6) is 0 Å². The Labute approximate surface area is 102 Å². The summed E-state index contributed by atoms with van der Waals surface area (Å²) in [5, 5.41) is 0. The maximum Gasteiger partial charge on any atom is 0.182 e. The van der Waals surface area contributed by atoms with Crippen molar-refractivity contribution in [2.24, 2.45) is 0 Å². The molecule has 0 unspecified atom stereocenters. The van der Waals surface area contributed by atoms with Crippen LogP contribution in [0.4, 0.5) is 0 Å². The quantitative estimate of drug-likeness (QED) is 0.313. The van der Waals surface area contributed by atoms with E-state index in [1.807, 2.05) is 0 Å². The van der Waals surface area contributed by atoms with Gasteiger partial charge in [-0.25, -0.2) is 0 Å². The molecule has 3 heteroatoms. The predicted octanol–water partition coefficient (Wildman–Crippen LogP) is 0.0312. The Bertz CT molecular complexity index is 123. The summed E-state index contributed by atoms with van der Waals surface area (Å²) in [5.74, 6) is 0. The van der Waals surface area contributed by atoms with Crippen molar-refractivity contribution in [2.45, 2.75) is 45.4 Å². The zero-order valence-electron chi connectivity index (χ0n) is 10.9. The van der Waals surface area contributed by atoms with Gasteiger partial charge in [0.05, 0.1) is 27.7 Å². The van der Waals surface area contributed by atoms with Crippen molar-refractivity contribution in [3.63, 3.8) is 0 Å². The molecular formula is C12H28ClNO. The molecule has 0 atom stereocenters. The summed E-state index contributed by atoms with van der Waals surface area (Å²) in [7, 11) is 6.46. The first-order chi connectivity index (χ1) is 6.56. The molecule has 0 bridgehead atoms. The number of nitrogens with zero attached hydrogens (tertiary/aromatic N) is 1. The molecule has 0 aromatic rings. The van der Waals surface area contributed by atoms with Gasteiger partial charge in [-0.1, -0.05) is 39.0 Å². The molecule has 0 aliphatic carbocycles. The van der Waals surface area contributed by atoms with Gasteiger partial charge in [-0.05, 0) is 6.42 Å². The van der Waals surface area contributed by atoms with Crippen LogP contribution in [-0.4, -0.2) is 39.0 Å². The summed E-state index contributed by atoms with van der Waals surface area (Å²) < 4.78 is 6.48. The van der Waals surface area contributed by atoms with Gasteiger partial charge in [-0.2, -0.15) is 0 Å². The van der Waals surface area contributed by atoms with Gasteiger partial charge in [0.2, 0.25) is 0 Å². The highest BCUT2D eigenvalue weighted by Crippen LogP contribution is 2.05. The summed E-state index contributed by atoms with van der Waals surface area (Å²) >= 11 is 0. The molecule has 94 valence electrons. The third kappa shape index (κ3) is 16.9. The first-order valence-electron chi connectivity index (χ1n) is 5.94. The van der Waals surface area contributed by atoms with Gasteiger partial charge in [0, 0.05) is 0 Å². The summed E-state index contributed by atoms with van der Waals surface area (Å²) in [4.78, 5) is 0. The van der Waals surface area contributed by atoms with Crippen molar-refractivity contribution in [1.82, 2.24) is 0 Å². The van der Waals surface area contributed by atoms with E-state index in [-0.39, 0.29) is 12.4 Å². The van der Waals surface area contributed by atoms with Crippen LogP contribution in [0, 0.1) is 0 Å². The minimum Gasteiger partial charge on any atom is -1.00 e. The second-order valence-electron chi connectivity index (χ2n) is 5.10. The maximum atomic E-state index is 5.58. The minimum atomic E-state index is 0. The van der Waals surface area contributed by atoms with Gasteiger partial charge >= 0.3 is 0 Å². The van der Waals surface area contributed by atoms with Crippen LogP contribution < -0.4 is 12.4 Å². The molecule has 0 saturated heterocycles. The standard InChI is InChI=1S/C12H28NO.ClH/c1-5-6-7-8-9-10-11-14-12-13(2,3)4;/h5-12H2,1-4H3;1H/q+1;/p-1. The Balaban J connectivity index is 0. The van der Waals surface area contributed by atoms with E-state index in [9.17, 15) is 0 Å². The monoisotopic (exact) mass is 237 g/mol. The van der Waals surface area contributed by atoms with Crippen LogP contribution >= 0.6 is 0 Å². The highest BCUT2D eigenvalue weighted by atomic mass is 35.5. The highest BCUT2D eigenvalue weighted by molar-refractivity contribution is 4.42. The lowest BCUT2D eigenvalue weighted by Crippen LogP contribution is -3.00. The van der Waals surface area contributed by atoms with Crippen LogP contribution in [0.3, 0.4) is 0 Å². The second kappa shape index (κ2) is 10.7. The maximum absolute atomic E-state index is 5.58. The van der Waals surface area contributed by atoms with E-state index in [4.69, 9.17) is 4.74 Å². The van der Waals surface area contributed by atoms with Gasteiger partial charge in [-0.3, -0.25) is 0 Å². The summed E-state index contributed by atoms with van der Waals surface area (Å²) in [6.45, 7) is 4.01. The smallest absolute Gasteiger partial charge is 0.182 e. The third-order valence-electron chi connectivity index (χ3n) is 2.12. The number of halogens is 1. The summed E-state index contributed by atoms with van der Waals surface area (Å²) in [6.07, 6.45) is 8.05. The molecule has 0 aliphatic rings. The molecular weight excluding hydrogens is 210 g/mol. The van der Waals surface area contributed by atoms with Crippen LogP contribution in [0.2, 0.25) is 0 Å². The van der Waals surface area contributed by atoms with Crippen molar-refractivity contribution in [2.75, 3.05) is 34.5 Å². The van der Waals surface area contributed by atoms with Gasteiger partial charge in [-0.15, -0.1) is 0 Å². The van der Waals surface area contributed by atoms with E-state index in [2.05, 4.69) is 28.1 Å². The lowest BCUT2D eigenvalue weighted by Gasteiger charge is -2.23. The molecule has 0 amide bonds. The number of unbranched alkanes of at least 4 members (excludes halogenated alkanes) is 5. The number of quaternary nitrogens is 1. The molecule has 0 radical (unpaired) electrons. The molecule has 0 fully saturated rings. The number of rotatable bonds is 9. The molecule has 15 heavy (non-hydrogen) atoms. The Morgan fingerprint density at radius 1 is 0.867 bits per heavy atom. The predicted molar refractivity (Wildman–Crippen MR) is 62.2 cm³/mol. The van der Waals surface area contributed by atoms with E-state index in [0.717, 1.165) is 17.8 Å². The first-order valence-corrected chi connectivity index (χ1v) is 5.94. The Morgan fingerprint density at radius 2 is 1.40 bits per heavy atom. The molecule has 0 N–H and O–H groups in total. The van der Waals surface area contributed by atoms with Crippen molar-refractivity contribution < 1.29 is 21.6 Å². The molecule has 0 aromatic carbocycles. The van der Waals surface area contributed by atoms with Crippen molar-refractivity contribution in [3.8, 4) is 0 Å². The Hall–Kier alpha value is 0.210. The fourth-order valence-corrected chi connectivity index (χ4v) is 1.32. The van der Waals surface area contributed by atoms with E-state index >= 15 is 0 Å². The SMILES string of the molecule is CCCCCCCCOC[N+](C)(C)C.[Cl-]. The van der Waals surface area contributed by atoms with Crippen LogP contribution in [0.15, 0.2) is 0 Å². The number of hydrogen-bond donors (Lipinski definition) is 0. The van der Waals surface area contributed by atoms with Crippen molar-refractivity contribution in [3.05, 3.63) is 0 Å². The highest BCUT2D eigenvalue weighted by Gasteiger charge is 2.04. The molecule has 0 aliphatic heterocycles. The second-order valence-corrected chi connectivity index (χ2v) is 5.10. The molecule has 0 spiro atoms. The molecule has 0 aromatic heterocycles. The number of hydrogen-bond acceptors (Lipinski definition) is 1. The summed E-state index contributed by atoms with van der Waals surface area (Å²) in [6, 6.07) is 0. The van der Waals surface area contributed by atoms with Gasteiger partial charge in [0.1, 0.15) is 0 Å². The molecule has 0 rings (SSSR count). The Kier molecular flexibility index (Phi) is 12.6. The lowest BCUT2D eigenvalue weighted by atomic mass is 10.1. The molecule has 2 nitrogen and oxygen atoms in total. The largest absolute Gasteiger partial charge is 1.00 e. The summed E-state index contributed by atoms with van der Waals surface area (Å²) in [5.41, 5.74) is 0. The fourth-order valence-electron chi connectivity index (χ4n) is 1.32. The van der Waals surface area contributed by atoms with E-state index in [0.29, 0.717) is 0 Å². The number of ether oxygens (including phenoxy) is 1. The average molecular weight is 238 g/mol. The van der Waals surface area contributed by atoms with Gasteiger partial charge in [0.15, 0.2) is 6.73 Å². The van der Waals surface area contributed by atoms with Crippen LogP contribution in [0.25, 0.3) is 0 Å². The van der Waals surface area contributed by atoms with E-state index in [1.165, 1.54) is 38.5 Å². The molecule has 0 saturated carbocycles. The minimum absolute atomic E-state index is 0. The van der Waals surface area contributed by atoms with E-state index in [1.54, 1.807) is 0 Å². The third-order valence-corrected chi connectivity index (χ3v) is 2.12. The van der Waals surface area contributed by atoms with Crippen LogP contribution in [0.1, 0.15) is 45.4 Å². The van der Waals surface area contributed by atoms with Gasteiger partial charge < -0.3 is 21.6 Å².